The first kappa shape index (κ1) is 11.4. The number of hydrogen-bond acceptors (Lipinski definition) is 3. The molecule has 1 aromatic heterocycles. The highest BCUT2D eigenvalue weighted by molar-refractivity contribution is 6.43. The number of H-pyrrole nitrogens is 1. The van der Waals surface area contributed by atoms with E-state index in [4.69, 9.17) is 0 Å². The van der Waals surface area contributed by atoms with Crippen LogP contribution < -0.4 is 0 Å². The van der Waals surface area contributed by atoms with Crippen LogP contribution in [-0.2, 0) is 9.53 Å². The number of carbonyl (C=O) groups is 2. The van der Waals surface area contributed by atoms with Gasteiger partial charge in [0.15, 0.2) is 0 Å². The van der Waals surface area contributed by atoms with E-state index in [1.54, 1.807) is 6.20 Å². The summed E-state index contributed by atoms with van der Waals surface area (Å²) in [6.45, 7) is 3.90. The summed E-state index contributed by atoms with van der Waals surface area (Å²) in [6.07, 6.45) is 1.55. The number of methoxy groups -OCH3 is 1. The number of nitrogens with one attached hydrogen (secondary N) is 1. The second-order valence-corrected chi connectivity index (χ2v) is 4.03. The summed E-state index contributed by atoms with van der Waals surface area (Å²) in [5.74, 6) is -1.46. The number of ketones is 1. The fraction of sp³-hybridized carbons (Fsp3) is 0.231. The molecule has 1 heterocycles. The van der Waals surface area contributed by atoms with Gasteiger partial charge >= 0.3 is 5.97 Å². The Morgan fingerprint density at radius 2 is 1.94 bits per heavy atom. The number of aromatic amines is 1. The van der Waals surface area contributed by atoms with E-state index < -0.39 is 11.8 Å². The van der Waals surface area contributed by atoms with Crippen molar-refractivity contribution in [2.24, 2.45) is 0 Å². The van der Waals surface area contributed by atoms with E-state index in [9.17, 15) is 9.59 Å². The van der Waals surface area contributed by atoms with Crippen LogP contribution in [0.2, 0.25) is 0 Å². The first-order valence-corrected chi connectivity index (χ1v) is 5.25. The molecule has 0 atom stereocenters. The van der Waals surface area contributed by atoms with E-state index in [-0.39, 0.29) is 0 Å². The average molecular weight is 231 g/mol. The van der Waals surface area contributed by atoms with Crippen molar-refractivity contribution in [2.45, 2.75) is 13.8 Å². The summed E-state index contributed by atoms with van der Waals surface area (Å²) < 4.78 is 4.45. The predicted octanol–water partition coefficient (Wildman–Crippen LogP) is 2.14. The van der Waals surface area contributed by atoms with Gasteiger partial charge < -0.3 is 9.72 Å². The lowest BCUT2D eigenvalue weighted by atomic mass is 10.0. The van der Waals surface area contributed by atoms with Gasteiger partial charge in [0.1, 0.15) is 0 Å². The Balaban J connectivity index is 2.64. The van der Waals surface area contributed by atoms with E-state index in [0.29, 0.717) is 5.56 Å². The molecule has 0 saturated carbocycles. The number of ether oxygens (including phenoxy) is 1. The number of benzene rings is 1. The van der Waals surface area contributed by atoms with Crippen molar-refractivity contribution in [1.29, 1.82) is 0 Å². The van der Waals surface area contributed by atoms with E-state index >= 15 is 0 Å². The molecule has 0 unspecified atom stereocenters. The number of rotatable bonds is 2. The molecular weight excluding hydrogens is 218 g/mol. The average Bonchev–Trinajstić information content (AvgIpc) is 2.70. The van der Waals surface area contributed by atoms with Crippen LogP contribution in [0.4, 0.5) is 0 Å². The van der Waals surface area contributed by atoms with Crippen LogP contribution in [0.15, 0.2) is 18.3 Å². The van der Waals surface area contributed by atoms with Crippen molar-refractivity contribution < 1.29 is 14.3 Å². The third-order valence-corrected chi connectivity index (χ3v) is 2.74. The number of carbonyl (C=O) groups excluding carboxylic acids is 2. The van der Waals surface area contributed by atoms with Gasteiger partial charge in [0.05, 0.1) is 12.7 Å². The third-order valence-electron chi connectivity index (χ3n) is 2.74. The molecule has 0 bridgehead atoms. The van der Waals surface area contributed by atoms with Crippen LogP contribution in [0, 0.1) is 13.8 Å². The quantitative estimate of drug-likeness (QED) is 0.489. The molecular formula is C13H13NO3. The zero-order valence-corrected chi connectivity index (χ0v) is 9.96. The van der Waals surface area contributed by atoms with E-state index in [1.165, 1.54) is 7.11 Å². The second-order valence-electron chi connectivity index (χ2n) is 4.03. The lowest BCUT2D eigenvalue weighted by molar-refractivity contribution is -0.135. The van der Waals surface area contributed by atoms with Crippen LogP contribution in [0.5, 0.6) is 0 Å². The van der Waals surface area contributed by atoms with Crippen molar-refractivity contribution in [2.75, 3.05) is 7.11 Å². The zero-order chi connectivity index (χ0) is 12.6. The highest BCUT2D eigenvalue weighted by Gasteiger charge is 2.21. The molecule has 0 aliphatic carbocycles. The summed E-state index contributed by atoms with van der Waals surface area (Å²) in [7, 11) is 1.20. The third kappa shape index (κ3) is 1.82. The number of aryl methyl sites for hydroxylation is 2. The Labute approximate surface area is 98.6 Å². The Kier molecular flexibility index (Phi) is 2.71. The second kappa shape index (κ2) is 4.05. The maximum Gasteiger partial charge on any atom is 0.379 e. The lowest BCUT2D eigenvalue weighted by Crippen LogP contribution is -2.15. The highest BCUT2D eigenvalue weighted by Crippen LogP contribution is 2.24. The number of esters is 1. The fourth-order valence-corrected chi connectivity index (χ4v) is 2.04. The van der Waals surface area contributed by atoms with Gasteiger partial charge in [-0.05, 0) is 31.0 Å². The Morgan fingerprint density at radius 1 is 1.24 bits per heavy atom. The maximum atomic E-state index is 11.8. The van der Waals surface area contributed by atoms with Crippen molar-refractivity contribution in [1.82, 2.24) is 4.98 Å². The molecule has 0 aliphatic heterocycles. The molecule has 1 N–H and O–H groups in total. The fourth-order valence-electron chi connectivity index (χ4n) is 2.04. The molecule has 88 valence electrons. The van der Waals surface area contributed by atoms with Crippen LogP contribution >= 0.6 is 0 Å². The molecule has 0 spiro atoms. The number of aromatic nitrogens is 1. The van der Waals surface area contributed by atoms with Gasteiger partial charge in [0, 0.05) is 17.1 Å². The molecule has 4 nitrogen and oxygen atoms in total. The lowest BCUT2D eigenvalue weighted by Gasteiger charge is -2.02. The highest BCUT2D eigenvalue weighted by atomic mass is 16.5. The molecule has 2 rings (SSSR count). The smallest absolute Gasteiger partial charge is 0.379 e. The normalized spacial score (nSPS) is 10.5. The predicted molar refractivity (Wildman–Crippen MR) is 64.1 cm³/mol. The van der Waals surface area contributed by atoms with E-state index in [0.717, 1.165) is 22.0 Å². The zero-order valence-electron chi connectivity index (χ0n) is 9.96. The minimum Gasteiger partial charge on any atom is -0.463 e. The molecule has 2 aromatic rings. The maximum absolute atomic E-state index is 11.8. The van der Waals surface area contributed by atoms with Gasteiger partial charge in [-0.1, -0.05) is 6.07 Å². The Bertz CT molecular complexity index is 610. The molecule has 0 radical (unpaired) electrons. The standard InChI is InChI=1S/C13H13NO3/c1-7-4-8(2)11-9(6-14-10(11)5-7)12(15)13(16)17-3/h4-6,14H,1-3H3. The summed E-state index contributed by atoms with van der Waals surface area (Å²) >= 11 is 0. The topological polar surface area (TPSA) is 59.2 Å². The first-order valence-electron chi connectivity index (χ1n) is 5.25. The van der Waals surface area contributed by atoms with E-state index in [1.807, 2.05) is 26.0 Å². The molecule has 17 heavy (non-hydrogen) atoms. The largest absolute Gasteiger partial charge is 0.463 e. The minimum atomic E-state index is -0.842. The molecule has 0 amide bonds. The summed E-state index contributed by atoms with van der Waals surface area (Å²) in [4.78, 5) is 26.0. The summed E-state index contributed by atoms with van der Waals surface area (Å²) in [5, 5.41) is 0.783. The van der Waals surface area contributed by atoms with Gasteiger partial charge in [-0.3, -0.25) is 4.79 Å². The summed E-state index contributed by atoms with van der Waals surface area (Å²) in [5.41, 5.74) is 3.29. The molecule has 0 saturated heterocycles. The first-order chi connectivity index (χ1) is 8.04. The SMILES string of the molecule is COC(=O)C(=O)c1c[nH]c2cc(C)cc(C)c12. The van der Waals surface area contributed by atoms with Crippen molar-refractivity contribution in [3.05, 3.63) is 35.0 Å². The summed E-state index contributed by atoms with van der Waals surface area (Å²) in [6, 6.07) is 3.92. The van der Waals surface area contributed by atoms with Gasteiger partial charge in [-0.2, -0.15) is 0 Å². The van der Waals surface area contributed by atoms with Crippen molar-refractivity contribution in [3.63, 3.8) is 0 Å². The van der Waals surface area contributed by atoms with Gasteiger partial charge in [-0.15, -0.1) is 0 Å². The van der Waals surface area contributed by atoms with Gasteiger partial charge in [0.25, 0.3) is 5.78 Å². The number of Topliss-reactive ketones (excluding diaryl/α,β-unsaturated/α-hetero) is 1. The van der Waals surface area contributed by atoms with Gasteiger partial charge in [-0.25, -0.2) is 4.79 Å². The van der Waals surface area contributed by atoms with Crippen LogP contribution in [0.3, 0.4) is 0 Å². The Hall–Kier alpha value is -2.10. The van der Waals surface area contributed by atoms with Crippen LogP contribution in [0.1, 0.15) is 21.5 Å². The molecule has 1 aromatic carbocycles. The minimum absolute atomic E-state index is 0.365. The van der Waals surface area contributed by atoms with Crippen molar-refractivity contribution >= 4 is 22.7 Å². The monoisotopic (exact) mass is 231 g/mol. The van der Waals surface area contributed by atoms with Crippen molar-refractivity contribution in [3.8, 4) is 0 Å². The van der Waals surface area contributed by atoms with E-state index in [2.05, 4.69) is 9.72 Å². The number of fused-ring (bicyclic) bond motifs is 1. The molecule has 4 heteroatoms. The molecule has 0 fully saturated rings. The number of hydrogen-bond donors (Lipinski definition) is 1. The van der Waals surface area contributed by atoms with Crippen LogP contribution in [0.25, 0.3) is 10.9 Å². The van der Waals surface area contributed by atoms with Gasteiger partial charge in [0.2, 0.25) is 0 Å². The van der Waals surface area contributed by atoms with Crippen LogP contribution in [-0.4, -0.2) is 23.8 Å². The molecule has 0 aliphatic rings. The Morgan fingerprint density at radius 3 is 2.59 bits per heavy atom.